The van der Waals surface area contributed by atoms with Crippen molar-refractivity contribution >= 4 is 23.0 Å². The minimum Gasteiger partial charge on any atom is -0.496 e. The highest BCUT2D eigenvalue weighted by molar-refractivity contribution is 7.10. The molecule has 0 fully saturated rings. The molecule has 1 heterocycles. The third kappa shape index (κ3) is 2.52. The summed E-state index contributed by atoms with van der Waals surface area (Å²) in [5.41, 5.74) is 1.42. The van der Waals surface area contributed by atoms with E-state index in [4.69, 9.17) is 10.00 Å². The van der Waals surface area contributed by atoms with Crippen molar-refractivity contribution in [3.05, 3.63) is 46.4 Å². The minimum absolute atomic E-state index is 0.546. The second kappa shape index (κ2) is 5.28. The number of methoxy groups -OCH3 is 1. The van der Waals surface area contributed by atoms with Crippen LogP contribution in [0.1, 0.15) is 10.6 Å². The van der Waals surface area contributed by atoms with Crippen molar-refractivity contribution in [2.45, 2.75) is 0 Å². The number of rotatable bonds is 3. The quantitative estimate of drug-likeness (QED) is 0.776. The summed E-state index contributed by atoms with van der Waals surface area (Å²) in [6.45, 7) is 0. The van der Waals surface area contributed by atoms with Crippen LogP contribution in [0.2, 0.25) is 0 Å². The Hall–Kier alpha value is -2.12. The molecule has 0 aliphatic carbocycles. The molecule has 0 bridgehead atoms. The average molecular weight is 242 g/mol. The molecule has 84 valence electrons. The van der Waals surface area contributed by atoms with Crippen LogP contribution in [0.15, 0.2) is 35.8 Å². The van der Waals surface area contributed by atoms with Crippen molar-refractivity contribution in [2.75, 3.05) is 7.11 Å². The zero-order valence-electron chi connectivity index (χ0n) is 9.25. The third-order valence-electron chi connectivity index (χ3n) is 2.22. The van der Waals surface area contributed by atoms with Crippen molar-refractivity contribution in [1.82, 2.24) is 4.98 Å². The number of hydrogen-bond donors (Lipinski definition) is 0. The van der Waals surface area contributed by atoms with Gasteiger partial charge in [-0.2, -0.15) is 5.26 Å². The summed E-state index contributed by atoms with van der Waals surface area (Å²) in [7, 11) is 1.61. The maximum absolute atomic E-state index is 9.13. The molecule has 1 aromatic heterocycles. The molecule has 17 heavy (non-hydrogen) atoms. The van der Waals surface area contributed by atoms with E-state index in [2.05, 4.69) is 11.1 Å². The monoisotopic (exact) mass is 242 g/mol. The molecule has 0 atom stereocenters. The smallest absolute Gasteiger partial charge is 0.133 e. The predicted molar refractivity (Wildman–Crippen MR) is 68.6 cm³/mol. The largest absolute Gasteiger partial charge is 0.496 e. The molecule has 0 unspecified atom stereocenters. The Balaban J connectivity index is 2.44. The third-order valence-corrected chi connectivity index (χ3v) is 3.03. The number of aromatic nitrogens is 1. The highest BCUT2D eigenvalue weighted by atomic mass is 32.1. The molecular weight excluding hydrogens is 232 g/mol. The van der Waals surface area contributed by atoms with Crippen molar-refractivity contribution in [1.29, 1.82) is 5.26 Å². The Morgan fingerprint density at radius 1 is 1.47 bits per heavy atom. The number of nitrogens with zero attached hydrogens (tertiary/aromatic N) is 2. The fraction of sp³-hybridized carbons (Fsp3) is 0.0769. The first kappa shape index (κ1) is 11.4. The molecule has 4 heteroatoms. The Labute approximate surface area is 104 Å². The first-order valence-electron chi connectivity index (χ1n) is 5.00. The lowest BCUT2D eigenvalue weighted by atomic mass is 10.1. The Morgan fingerprint density at radius 2 is 2.29 bits per heavy atom. The van der Waals surface area contributed by atoms with E-state index in [0.29, 0.717) is 5.57 Å². The Bertz CT molecular complexity index is 567. The lowest BCUT2D eigenvalue weighted by molar-refractivity contribution is 0.414. The number of thiazole rings is 1. The van der Waals surface area contributed by atoms with Crippen LogP contribution >= 0.6 is 11.3 Å². The van der Waals surface area contributed by atoms with Gasteiger partial charge in [-0.15, -0.1) is 11.3 Å². The molecule has 1 aromatic carbocycles. The number of nitriles is 1. The van der Waals surface area contributed by atoms with Crippen LogP contribution in [-0.2, 0) is 0 Å². The number of ether oxygens (including phenoxy) is 1. The van der Waals surface area contributed by atoms with Gasteiger partial charge in [-0.3, -0.25) is 0 Å². The molecular formula is C13H10N2OS. The van der Waals surface area contributed by atoms with Gasteiger partial charge in [0.1, 0.15) is 16.8 Å². The first-order valence-corrected chi connectivity index (χ1v) is 5.88. The molecule has 0 radical (unpaired) electrons. The van der Waals surface area contributed by atoms with E-state index < -0.39 is 0 Å². The highest BCUT2D eigenvalue weighted by Gasteiger charge is 2.05. The molecule has 0 aliphatic rings. The maximum atomic E-state index is 9.13. The van der Waals surface area contributed by atoms with Gasteiger partial charge in [0.25, 0.3) is 0 Å². The van der Waals surface area contributed by atoms with E-state index in [1.54, 1.807) is 19.4 Å². The van der Waals surface area contributed by atoms with Gasteiger partial charge in [0.05, 0.1) is 12.7 Å². The van der Waals surface area contributed by atoms with Crippen molar-refractivity contribution in [3.8, 4) is 11.8 Å². The summed E-state index contributed by atoms with van der Waals surface area (Å²) in [6.07, 6.45) is 3.48. The van der Waals surface area contributed by atoms with Gasteiger partial charge in [-0.25, -0.2) is 4.98 Å². The fourth-order valence-electron chi connectivity index (χ4n) is 1.44. The van der Waals surface area contributed by atoms with Gasteiger partial charge in [-0.05, 0) is 12.1 Å². The summed E-state index contributed by atoms with van der Waals surface area (Å²) in [5.74, 6) is 0.747. The van der Waals surface area contributed by atoms with Gasteiger partial charge in [-0.1, -0.05) is 18.2 Å². The molecule has 2 rings (SSSR count). The van der Waals surface area contributed by atoms with Crippen LogP contribution in [-0.4, -0.2) is 12.1 Å². The Kier molecular flexibility index (Phi) is 3.53. The van der Waals surface area contributed by atoms with Gasteiger partial charge in [0.2, 0.25) is 0 Å². The van der Waals surface area contributed by atoms with Crippen molar-refractivity contribution < 1.29 is 4.74 Å². The lowest BCUT2D eigenvalue weighted by Crippen LogP contribution is -1.87. The molecule has 0 saturated heterocycles. The molecule has 2 aromatic rings. The molecule has 0 aliphatic heterocycles. The van der Waals surface area contributed by atoms with Crippen LogP contribution in [0.3, 0.4) is 0 Å². The van der Waals surface area contributed by atoms with Crippen LogP contribution in [0, 0.1) is 11.3 Å². The summed E-state index contributed by atoms with van der Waals surface area (Å²) in [5, 5.41) is 11.7. The van der Waals surface area contributed by atoms with Crippen molar-refractivity contribution in [3.63, 3.8) is 0 Å². The van der Waals surface area contributed by atoms with E-state index in [9.17, 15) is 0 Å². The molecule has 0 saturated carbocycles. The van der Waals surface area contributed by atoms with Gasteiger partial charge in [0, 0.05) is 17.1 Å². The highest BCUT2D eigenvalue weighted by Crippen LogP contribution is 2.24. The minimum atomic E-state index is 0.546. The van der Waals surface area contributed by atoms with Gasteiger partial charge < -0.3 is 4.74 Å². The maximum Gasteiger partial charge on any atom is 0.133 e. The van der Waals surface area contributed by atoms with E-state index in [0.717, 1.165) is 16.3 Å². The SMILES string of the molecule is COc1ccccc1/C=C(\C#N)c1nccs1. The predicted octanol–water partition coefficient (Wildman–Crippen LogP) is 3.22. The van der Waals surface area contributed by atoms with Crippen LogP contribution in [0.4, 0.5) is 0 Å². The number of allylic oxidation sites excluding steroid dienone is 1. The standard InChI is InChI=1S/C13H10N2OS/c1-16-12-5-3-2-4-10(12)8-11(9-14)13-15-6-7-17-13/h2-8H,1H3/b11-8+. The lowest BCUT2D eigenvalue weighted by Gasteiger charge is -2.03. The Morgan fingerprint density at radius 3 is 2.94 bits per heavy atom. The van der Waals surface area contributed by atoms with Gasteiger partial charge in [0.15, 0.2) is 0 Å². The van der Waals surface area contributed by atoms with E-state index in [-0.39, 0.29) is 0 Å². The van der Waals surface area contributed by atoms with E-state index >= 15 is 0 Å². The summed E-state index contributed by atoms with van der Waals surface area (Å²) >= 11 is 1.45. The van der Waals surface area contributed by atoms with E-state index in [1.807, 2.05) is 29.6 Å². The molecule has 0 spiro atoms. The number of benzene rings is 1. The summed E-state index contributed by atoms with van der Waals surface area (Å²) in [4.78, 5) is 4.13. The van der Waals surface area contributed by atoms with Crippen LogP contribution < -0.4 is 4.74 Å². The first-order chi connectivity index (χ1) is 8.35. The molecule has 0 N–H and O–H groups in total. The fourth-order valence-corrected chi connectivity index (χ4v) is 2.04. The molecule has 0 amide bonds. The second-order valence-electron chi connectivity index (χ2n) is 3.25. The van der Waals surface area contributed by atoms with Gasteiger partial charge >= 0.3 is 0 Å². The van der Waals surface area contributed by atoms with Crippen molar-refractivity contribution in [2.24, 2.45) is 0 Å². The number of para-hydroxylation sites is 1. The zero-order valence-corrected chi connectivity index (χ0v) is 10.1. The normalized spacial score (nSPS) is 10.9. The molecule has 3 nitrogen and oxygen atoms in total. The average Bonchev–Trinajstić information content (AvgIpc) is 2.90. The summed E-state index contributed by atoms with van der Waals surface area (Å²) < 4.78 is 5.24. The van der Waals surface area contributed by atoms with E-state index in [1.165, 1.54) is 11.3 Å². The second-order valence-corrected chi connectivity index (χ2v) is 4.14. The zero-order chi connectivity index (χ0) is 12.1. The van der Waals surface area contributed by atoms with Crippen LogP contribution in [0.5, 0.6) is 5.75 Å². The summed E-state index contributed by atoms with van der Waals surface area (Å²) in [6, 6.07) is 9.73. The topological polar surface area (TPSA) is 45.9 Å². The van der Waals surface area contributed by atoms with Crippen LogP contribution in [0.25, 0.3) is 11.6 Å². The number of hydrogen-bond acceptors (Lipinski definition) is 4.